The van der Waals surface area contributed by atoms with E-state index in [1.165, 1.54) is 25.3 Å². The van der Waals surface area contributed by atoms with Crippen molar-refractivity contribution in [2.24, 2.45) is 0 Å². The van der Waals surface area contributed by atoms with Crippen LogP contribution in [0.2, 0.25) is 5.02 Å². The van der Waals surface area contributed by atoms with Gasteiger partial charge >= 0.3 is 0 Å². The van der Waals surface area contributed by atoms with Crippen LogP contribution >= 0.6 is 11.6 Å². The monoisotopic (exact) mass is 270 g/mol. The quantitative estimate of drug-likeness (QED) is 0.611. The molecule has 0 spiro atoms. The summed E-state index contributed by atoms with van der Waals surface area (Å²) in [4.78, 5) is 11.7. The van der Waals surface area contributed by atoms with E-state index in [4.69, 9.17) is 11.6 Å². The Kier molecular flexibility index (Phi) is 6.96. The van der Waals surface area contributed by atoms with Crippen LogP contribution in [0.4, 0.5) is 4.39 Å². The first-order valence-corrected chi connectivity index (χ1v) is 6.97. The number of rotatable bonds is 8. The van der Waals surface area contributed by atoms with E-state index < -0.39 is 0 Å². The molecule has 0 aromatic heterocycles. The largest absolute Gasteiger partial charge is 0.299 e. The predicted molar refractivity (Wildman–Crippen MR) is 73.5 cm³/mol. The Hall–Kier alpha value is -0.890. The predicted octanol–water partition coefficient (Wildman–Crippen LogP) is 4.95. The van der Waals surface area contributed by atoms with E-state index in [9.17, 15) is 9.18 Å². The second kappa shape index (κ2) is 8.25. The lowest BCUT2D eigenvalue weighted by molar-refractivity contribution is -0.118. The van der Waals surface area contributed by atoms with Crippen molar-refractivity contribution in [2.75, 3.05) is 0 Å². The molecule has 18 heavy (non-hydrogen) atoms. The summed E-state index contributed by atoms with van der Waals surface area (Å²) in [5.74, 6) is -0.283. The van der Waals surface area contributed by atoms with Gasteiger partial charge in [0.15, 0.2) is 0 Å². The maximum atomic E-state index is 13.5. The molecule has 0 saturated heterocycles. The first-order valence-electron chi connectivity index (χ1n) is 6.59. The zero-order valence-electron chi connectivity index (χ0n) is 10.8. The second-order valence-corrected chi connectivity index (χ2v) is 5.05. The Labute approximate surface area is 113 Å². The van der Waals surface area contributed by atoms with Gasteiger partial charge in [-0.3, -0.25) is 4.79 Å². The fourth-order valence-electron chi connectivity index (χ4n) is 1.89. The average molecular weight is 271 g/mol. The molecule has 0 unspecified atom stereocenters. The molecule has 0 fully saturated rings. The number of ketones is 1. The number of carbonyl (C=O) groups is 1. The lowest BCUT2D eigenvalue weighted by atomic mass is 10.0. The number of carbonyl (C=O) groups excluding carboxylic acids is 1. The Bertz CT molecular complexity index is 390. The van der Waals surface area contributed by atoms with Crippen molar-refractivity contribution in [3.63, 3.8) is 0 Å². The third kappa shape index (κ3) is 5.63. The topological polar surface area (TPSA) is 17.1 Å². The SMILES string of the molecule is CCCCCCCC(=O)Cc1ccc(Cl)cc1F. The van der Waals surface area contributed by atoms with E-state index in [0.717, 1.165) is 12.8 Å². The molecule has 1 aromatic carbocycles. The van der Waals surface area contributed by atoms with Gasteiger partial charge in [0.05, 0.1) is 0 Å². The molecule has 0 radical (unpaired) electrons. The number of hydrogen-bond acceptors (Lipinski definition) is 1. The molecular formula is C15H20ClFO. The van der Waals surface area contributed by atoms with Crippen LogP contribution in [0.15, 0.2) is 18.2 Å². The summed E-state index contributed by atoms with van der Waals surface area (Å²) >= 11 is 5.66. The minimum Gasteiger partial charge on any atom is -0.299 e. The molecule has 0 amide bonds. The van der Waals surface area contributed by atoms with Crippen molar-refractivity contribution in [3.05, 3.63) is 34.6 Å². The van der Waals surface area contributed by atoms with Gasteiger partial charge in [0, 0.05) is 17.9 Å². The van der Waals surface area contributed by atoms with Crippen molar-refractivity contribution in [1.82, 2.24) is 0 Å². The van der Waals surface area contributed by atoms with Crippen LogP contribution < -0.4 is 0 Å². The third-order valence-corrected chi connectivity index (χ3v) is 3.20. The number of benzene rings is 1. The summed E-state index contributed by atoms with van der Waals surface area (Å²) < 4.78 is 13.5. The lowest BCUT2D eigenvalue weighted by Crippen LogP contribution is -2.04. The van der Waals surface area contributed by atoms with Crippen LogP contribution in [0, 0.1) is 5.82 Å². The van der Waals surface area contributed by atoms with Gasteiger partial charge in [0.25, 0.3) is 0 Å². The minimum atomic E-state index is -0.387. The number of unbranched alkanes of at least 4 members (excludes halogenated alkanes) is 4. The first kappa shape index (κ1) is 15.2. The van der Waals surface area contributed by atoms with E-state index in [2.05, 4.69) is 6.92 Å². The lowest BCUT2D eigenvalue weighted by Gasteiger charge is -2.03. The van der Waals surface area contributed by atoms with Crippen molar-refractivity contribution >= 4 is 17.4 Å². The highest BCUT2D eigenvalue weighted by molar-refractivity contribution is 6.30. The zero-order valence-corrected chi connectivity index (χ0v) is 11.6. The zero-order chi connectivity index (χ0) is 13.4. The Morgan fingerprint density at radius 1 is 1.22 bits per heavy atom. The van der Waals surface area contributed by atoms with Crippen molar-refractivity contribution in [2.45, 2.75) is 51.9 Å². The summed E-state index contributed by atoms with van der Waals surface area (Å²) in [6.45, 7) is 2.16. The molecule has 1 rings (SSSR count). The minimum absolute atomic E-state index is 0.104. The maximum absolute atomic E-state index is 13.5. The fourth-order valence-corrected chi connectivity index (χ4v) is 2.05. The smallest absolute Gasteiger partial charge is 0.137 e. The molecule has 3 heteroatoms. The van der Waals surface area contributed by atoms with Crippen LogP contribution in [0.1, 0.15) is 51.0 Å². The third-order valence-electron chi connectivity index (χ3n) is 2.96. The summed E-state index contributed by atoms with van der Waals surface area (Å²) in [6.07, 6.45) is 6.32. The molecule has 0 heterocycles. The van der Waals surface area contributed by atoms with Crippen molar-refractivity contribution < 1.29 is 9.18 Å². The van der Waals surface area contributed by atoms with Crippen molar-refractivity contribution in [1.29, 1.82) is 0 Å². The summed E-state index contributed by atoms with van der Waals surface area (Å²) in [5, 5.41) is 0.364. The Morgan fingerprint density at radius 3 is 2.61 bits per heavy atom. The second-order valence-electron chi connectivity index (χ2n) is 4.62. The van der Waals surface area contributed by atoms with Crippen LogP contribution in [-0.4, -0.2) is 5.78 Å². The highest BCUT2D eigenvalue weighted by atomic mass is 35.5. The number of halogens is 2. The van der Waals surface area contributed by atoms with Crippen LogP contribution in [0.5, 0.6) is 0 Å². The van der Waals surface area contributed by atoms with Gasteiger partial charge in [-0.15, -0.1) is 0 Å². The van der Waals surface area contributed by atoms with Gasteiger partial charge in [0.1, 0.15) is 11.6 Å². The van der Waals surface area contributed by atoms with E-state index in [1.54, 1.807) is 12.1 Å². The molecule has 0 atom stereocenters. The fraction of sp³-hybridized carbons (Fsp3) is 0.533. The van der Waals surface area contributed by atoms with E-state index in [1.807, 2.05) is 0 Å². The molecular weight excluding hydrogens is 251 g/mol. The number of hydrogen-bond donors (Lipinski definition) is 0. The van der Waals surface area contributed by atoms with Gasteiger partial charge in [-0.05, 0) is 24.1 Å². The summed E-state index contributed by atoms with van der Waals surface area (Å²) in [5.41, 5.74) is 0.443. The summed E-state index contributed by atoms with van der Waals surface area (Å²) in [6, 6.07) is 4.46. The molecule has 1 nitrogen and oxygen atoms in total. The van der Waals surface area contributed by atoms with Gasteiger partial charge in [0.2, 0.25) is 0 Å². The van der Waals surface area contributed by atoms with E-state index >= 15 is 0 Å². The number of Topliss-reactive ketones (excluding diaryl/α,β-unsaturated/α-hetero) is 1. The average Bonchev–Trinajstić information content (AvgIpc) is 2.32. The van der Waals surface area contributed by atoms with Gasteiger partial charge < -0.3 is 0 Å². The summed E-state index contributed by atoms with van der Waals surface area (Å²) in [7, 11) is 0. The molecule has 0 bridgehead atoms. The van der Waals surface area contributed by atoms with Crippen molar-refractivity contribution in [3.8, 4) is 0 Å². The van der Waals surface area contributed by atoms with Gasteiger partial charge in [-0.1, -0.05) is 50.3 Å². The molecule has 0 saturated carbocycles. The van der Waals surface area contributed by atoms with Crippen LogP contribution in [0.25, 0.3) is 0 Å². The van der Waals surface area contributed by atoms with Gasteiger partial charge in [-0.2, -0.15) is 0 Å². The first-order chi connectivity index (χ1) is 8.63. The van der Waals surface area contributed by atoms with E-state index in [0.29, 0.717) is 17.0 Å². The highest BCUT2D eigenvalue weighted by Crippen LogP contribution is 2.16. The Balaban J connectivity index is 2.31. The standard InChI is InChI=1S/C15H20ClFO/c1-2-3-4-5-6-7-14(18)10-12-8-9-13(16)11-15(12)17/h8-9,11H,2-7,10H2,1H3. The maximum Gasteiger partial charge on any atom is 0.137 e. The normalized spacial score (nSPS) is 10.6. The Morgan fingerprint density at radius 2 is 1.94 bits per heavy atom. The molecule has 100 valence electrons. The highest BCUT2D eigenvalue weighted by Gasteiger charge is 2.08. The molecule has 0 aliphatic carbocycles. The van der Waals surface area contributed by atoms with Crippen LogP contribution in [0.3, 0.4) is 0 Å². The molecule has 0 N–H and O–H groups in total. The van der Waals surface area contributed by atoms with Gasteiger partial charge in [-0.25, -0.2) is 4.39 Å². The molecule has 0 aliphatic rings. The molecule has 1 aromatic rings. The molecule has 0 aliphatic heterocycles. The van der Waals surface area contributed by atoms with E-state index in [-0.39, 0.29) is 18.0 Å². The van der Waals surface area contributed by atoms with Crippen LogP contribution in [-0.2, 0) is 11.2 Å².